The lowest BCUT2D eigenvalue weighted by Crippen LogP contribution is -2.67. The summed E-state index contributed by atoms with van der Waals surface area (Å²) in [6.45, 7) is 23.6. The minimum absolute atomic E-state index is 0.0292. The lowest BCUT2D eigenvalue weighted by atomic mass is 9.35. The topological polar surface area (TPSA) is 26.3 Å². The molecule has 3 aliphatic carbocycles. The zero-order chi connectivity index (χ0) is 44.5. The van der Waals surface area contributed by atoms with Crippen molar-refractivity contribution >= 4 is 5.97 Å². The molecule has 61 heavy (non-hydrogen) atoms. The third kappa shape index (κ3) is 14.5. The molecule has 2 bridgehead atoms. The highest BCUT2D eigenvalue weighted by Gasteiger charge is 2.85. The summed E-state index contributed by atoms with van der Waals surface area (Å²) in [6.07, 6.45) is 53.2. The molecule has 1 heterocycles. The van der Waals surface area contributed by atoms with Gasteiger partial charge in [0.05, 0.1) is 12.0 Å². The largest absolute Gasteiger partial charge is 0.465 e. The van der Waals surface area contributed by atoms with Crippen molar-refractivity contribution in [3.63, 3.8) is 0 Å². The molecule has 0 aromatic heterocycles. The molecule has 0 N–H and O–H groups in total. The Balaban J connectivity index is 2.22. The quantitative estimate of drug-likeness (QED) is 0.0452. The van der Waals surface area contributed by atoms with Crippen molar-refractivity contribution in [1.29, 1.82) is 0 Å². The number of hydrogen-bond donors (Lipinski definition) is 0. The standard InChI is InChI=1S/C59H112O2/c1-10-15-20-25-30-35-40-45-54(50(6)41-36-31-26-21-16-11-2)59(52(8)43-38-33-28-23-18-13-4,53(9)44-39-34-29-24-19-14-5)58(51(7)42-37-32-27-22-17-12-3)48-56-46-57(58,47-56)55(60)61-49-56/h50-54H,10-49H2,1-9H3. The summed E-state index contributed by atoms with van der Waals surface area (Å²) in [4.78, 5) is 15.0. The summed E-state index contributed by atoms with van der Waals surface area (Å²) in [5, 5.41) is 0. The molecule has 4 aliphatic rings. The fraction of sp³-hybridized carbons (Fsp3) is 0.983. The lowest BCUT2D eigenvalue weighted by molar-refractivity contribution is -0.236. The van der Waals surface area contributed by atoms with Gasteiger partial charge in [-0.2, -0.15) is 0 Å². The van der Waals surface area contributed by atoms with E-state index >= 15 is 4.79 Å². The number of carbonyl (C=O) groups is 1. The predicted molar refractivity (Wildman–Crippen MR) is 269 cm³/mol. The van der Waals surface area contributed by atoms with E-state index in [9.17, 15) is 0 Å². The fourth-order valence-corrected chi connectivity index (χ4v) is 15.5. The number of carbonyl (C=O) groups excluding carboxylic acids is 1. The maximum Gasteiger partial charge on any atom is 0.312 e. The Labute approximate surface area is 384 Å². The van der Waals surface area contributed by atoms with E-state index in [-0.39, 0.29) is 27.6 Å². The van der Waals surface area contributed by atoms with Gasteiger partial charge in [-0.25, -0.2) is 0 Å². The molecular formula is C59H112O2. The Kier molecular flexibility index (Phi) is 26.9. The Morgan fingerprint density at radius 2 is 0.787 bits per heavy atom. The van der Waals surface area contributed by atoms with Crippen LogP contribution in [0.3, 0.4) is 0 Å². The van der Waals surface area contributed by atoms with E-state index in [1.54, 1.807) is 0 Å². The Hall–Kier alpha value is -0.530. The van der Waals surface area contributed by atoms with Gasteiger partial charge in [0.25, 0.3) is 0 Å². The summed E-state index contributed by atoms with van der Waals surface area (Å²) >= 11 is 0. The van der Waals surface area contributed by atoms with E-state index in [4.69, 9.17) is 4.74 Å². The van der Waals surface area contributed by atoms with Crippen molar-refractivity contribution in [3.05, 3.63) is 0 Å². The first-order valence-electron chi connectivity index (χ1n) is 28.8. The SMILES string of the molecule is CCCCCCCCCC(C(C)CCCCCCCC)C(C(C)CCCCCCCC)(C(C)CCCCCCCC)C1(C(C)CCCCCCCC)CC23COC(=O)C1(C2)C3. The highest BCUT2D eigenvalue weighted by Crippen LogP contribution is 2.87. The van der Waals surface area contributed by atoms with Crippen LogP contribution in [0.2, 0.25) is 0 Å². The molecule has 0 radical (unpaired) electrons. The second kappa shape index (κ2) is 29.9. The predicted octanol–water partition coefficient (Wildman–Crippen LogP) is 20.0. The van der Waals surface area contributed by atoms with Crippen LogP contribution in [0.15, 0.2) is 0 Å². The van der Waals surface area contributed by atoms with Crippen molar-refractivity contribution in [2.75, 3.05) is 6.61 Å². The molecule has 4 fully saturated rings. The van der Waals surface area contributed by atoms with E-state index in [1.165, 1.54) is 238 Å². The van der Waals surface area contributed by atoms with E-state index in [1.807, 2.05) is 0 Å². The third-order valence-corrected chi connectivity index (χ3v) is 18.4. The van der Waals surface area contributed by atoms with Gasteiger partial charge in [0.15, 0.2) is 0 Å². The van der Waals surface area contributed by atoms with Crippen LogP contribution < -0.4 is 0 Å². The molecule has 2 heteroatoms. The Morgan fingerprint density at radius 1 is 0.443 bits per heavy atom. The van der Waals surface area contributed by atoms with Gasteiger partial charge >= 0.3 is 5.97 Å². The average molecular weight is 854 g/mol. The normalized spacial score (nSPS) is 25.4. The fourth-order valence-electron chi connectivity index (χ4n) is 15.5. The molecule has 0 aromatic carbocycles. The second-order valence-electron chi connectivity index (χ2n) is 23.0. The van der Waals surface area contributed by atoms with E-state index in [0.29, 0.717) is 36.2 Å². The van der Waals surface area contributed by atoms with Crippen LogP contribution in [0.1, 0.15) is 313 Å². The van der Waals surface area contributed by atoms with E-state index in [0.717, 1.165) is 12.8 Å². The van der Waals surface area contributed by atoms with Crippen LogP contribution in [-0.2, 0) is 9.53 Å². The third-order valence-electron chi connectivity index (χ3n) is 18.4. The highest BCUT2D eigenvalue weighted by molar-refractivity contribution is 5.83. The number of cyclic esters (lactones) is 1. The van der Waals surface area contributed by atoms with Crippen LogP contribution in [0.25, 0.3) is 0 Å². The van der Waals surface area contributed by atoms with Crippen molar-refractivity contribution in [1.82, 2.24) is 0 Å². The van der Waals surface area contributed by atoms with Gasteiger partial charge in [-0.05, 0) is 66.1 Å². The summed E-state index contributed by atoms with van der Waals surface area (Å²) in [5.41, 5.74) is 0.144. The van der Waals surface area contributed by atoms with Gasteiger partial charge in [-0.15, -0.1) is 0 Å². The Bertz CT molecular complexity index is 1080. The smallest absolute Gasteiger partial charge is 0.312 e. The zero-order valence-corrected chi connectivity index (χ0v) is 43.5. The Morgan fingerprint density at radius 3 is 1.20 bits per heavy atom. The number of rotatable bonds is 42. The van der Waals surface area contributed by atoms with Crippen molar-refractivity contribution in [2.24, 2.45) is 51.2 Å². The van der Waals surface area contributed by atoms with Crippen LogP contribution in [0.5, 0.6) is 0 Å². The lowest BCUT2D eigenvalue weighted by Gasteiger charge is -2.68. The summed E-state index contributed by atoms with van der Waals surface area (Å²) in [7, 11) is 0. The van der Waals surface area contributed by atoms with Crippen molar-refractivity contribution in [2.45, 2.75) is 313 Å². The molecular weight excluding hydrogens is 741 g/mol. The molecule has 1 saturated heterocycles. The molecule has 2 nitrogen and oxygen atoms in total. The first-order valence-corrected chi connectivity index (χ1v) is 28.8. The van der Waals surface area contributed by atoms with Gasteiger partial charge < -0.3 is 4.74 Å². The first kappa shape index (κ1) is 54.8. The molecule has 3 saturated carbocycles. The first-order chi connectivity index (χ1) is 29.6. The van der Waals surface area contributed by atoms with Crippen LogP contribution in [0.4, 0.5) is 0 Å². The average Bonchev–Trinajstić information content (AvgIpc) is 3.67. The van der Waals surface area contributed by atoms with Crippen molar-refractivity contribution < 1.29 is 9.53 Å². The zero-order valence-electron chi connectivity index (χ0n) is 43.5. The number of hydrogen-bond acceptors (Lipinski definition) is 2. The van der Waals surface area contributed by atoms with Gasteiger partial charge in [-0.1, -0.05) is 287 Å². The molecule has 6 atom stereocenters. The second-order valence-corrected chi connectivity index (χ2v) is 23.0. The van der Waals surface area contributed by atoms with Crippen molar-refractivity contribution in [3.8, 4) is 0 Å². The van der Waals surface area contributed by atoms with Gasteiger partial charge in [0, 0.05) is 5.41 Å². The molecule has 6 unspecified atom stereocenters. The maximum atomic E-state index is 15.0. The minimum Gasteiger partial charge on any atom is -0.465 e. The summed E-state index contributed by atoms with van der Waals surface area (Å²) in [5.74, 6) is 3.44. The number of esters is 1. The molecule has 0 aromatic rings. The van der Waals surface area contributed by atoms with Crippen LogP contribution in [0, 0.1) is 51.2 Å². The molecule has 360 valence electrons. The molecule has 0 spiro atoms. The van der Waals surface area contributed by atoms with Gasteiger partial charge in [0.2, 0.25) is 0 Å². The summed E-state index contributed by atoms with van der Waals surface area (Å²) in [6, 6.07) is 0. The summed E-state index contributed by atoms with van der Waals surface area (Å²) < 4.78 is 6.47. The van der Waals surface area contributed by atoms with E-state index in [2.05, 4.69) is 62.3 Å². The maximum absolute atomic E-state index is 15.0. The van der Waals surface area contributed by atoms with Crippen LogP contribution in [-0.4, -0.2) is 12.6 Å². The molecule has 1 aliphatic heterocycles. The number of fused-ring (bicyclic) bond motifs is 1. The molecule has 4 rings (SSSR count). The van der Waals surface area contributed by atoms with Gasteiger partial charge in [0.1, 0.15) is 0 Å². The highest BCUT2D eigenvalue weighted by atomic mass is 16.5. The monoisotopic (exact) mass is 853 g/mol. The number of unbranched alkanes of at least 4 members (excludes halogenated alkanes) is 26. The number of ether oxygens (including phenoxy) is 1. The minimum atomic E-state index is -0.268. The van der Waals surface area contributed by atoms with Crippen LogP contribution >= 0.6 is 0 Å². The molecule has 0 amide bonds. The van der Waals surface area contributed by atoms with E-state index < -0.39 is 0 Å². The van der Waals surface area contributed by atoms with Gasteiger partial charge in [-0.3, -0.25) is 4.79 Å².